The molecule has 0 saturated heterocycles. The SMILES string of the molecule is CCC(C)[C@H](NS(=O)(=O)CCC(C)C)C(=O)O. The molecule has 17 heavy (non-hydrogen) atoms. The molecule has 0 aromatic carbocycles. The molecule has 5 nitrogen and oxygen atoms in total. The van der Waals surface area contributed by atoms with E-state index in [4.69, 9.17) is 5.11 Å². The van der Waals surface area contributed by atoms with E-state index < -0.39 is 22.0 Å². The highest BCUT2D eigenvalue weighted by Gasteiger charge is 2.28. The van der Waals surface area contributed by atoms with Crippen LogP contribution in [-0.4, -0.2) is 31.3 Å². The van der Waals surface area contributed by atoms with Gasteiger partial charge in [0.2, 0.25) is 10.0 Å². The Kier molecular flexibility index (Phi) is 6.70. The van der Waals surface area contributed by atoms with Crippen LogP contribution in [0, 0.1) is 11.8 Å². The van der Waals surface area contributed by atoms with E-state index >= 15 is 0 Å². The van der Waals surface area contributed by atoms with Crippen LogP contribution in [0.25, 0.3) is 0 Å². The van der Waals surface area contributed by atoms with Crippen molar-refractivity contribution >= 4 is 16.0 Å². The Morgan fingerprint density at radius 1 is 1.29 bits per heavy atom. The molecule has 0 aliphatic rings. The average Bonchev–Trinajstić information content (AvgIpc) is 2.22. The number of carboxylic acid groups (broad SMARTS) is 1. The smallest absolute Gasteiger partial charge is 0.322 e. The number of rotatable bonds is 8. The topological polar surface area (TPSA) is 83.5 Å². The van der Waals surface area contributed by atoms with Crippen LogP contribution >= 0.6 is 0 Å². The molecule has 102 valence electrons. The van der Waals surface area contributed by atoms with Crippen molar-refractivity contribution in [1.82, 2.24) is 4.72 Å². The zero-order valence-electron chi connectivity index (χ0n) is 10.9. The second-order valence-electron chi connectivity index (χ2n) is 4.82. The predicted molar refractivity (Wildman–Crippen MR) is 67.3 cm³/mol. The zero-order chi connectivity index (χ0) is 13.6. The van der Waals surface area contributed by atoms with E-state index in [1.165, 1.54) is 0 Å². The van der Waals surface area contributed by atoms with Crippen LogP contribution in [0.5, 0.6) is 0 Å². The van der Waals surface area contributed by atoms with Crippen LogP contribution in [0.15, 0.2) is 0 Å². The van der Waals surface area contributed by atoms with Crippen LogP contribution in [-0.2, 0) is 14.8 Å². The second kappa shape index (κ2) is 6.96. The Morgan fingerprint density at radius 3 is 2.18 bits per heavy atom. The molecular formula is C11H23NO4S. The molecule has 2 N–H and O–H groups in total. The van der Waals surface area contributed by atoms with Gasteiger partial charge in [-0.1, -0.05) is 34.1 Å². The van der Waals surface area contributed by atoms with Crippen LogP contribution in [0.3, 0.4) is 0 Å². The van der Waals surface area contributed by atoms with Crippen molar-refractivity contribution in [2.75, 3.05) is 5.75 Å². The molecule has 0 aromatic heterocycles. The van der Waals surface area contributed by atoms with Gasteiger partial charge in [0.05, 0.1) is 5.75 Å². The van der Waals surface area contributed by atoms with Gasteiger partial charge in [-0.3, -0.25) is 4.79 Å². The molecule has 6 heteroatoms. The fourth-order valence-electron chi connectivity index (χ4n) is 1.29. The molecule has 1 unspecified atom stereocenters. The van der Waals surface area contributed by atoms with Gasteiger partial charge in [-0.2, -0.15) is 0 Å². The van der Waals surface area contributed by atoms with E-state index in [1.54, 1.807) is 6.92 Å². The summed E-state index contributed by atoms with van der Waals surface area (Å²) in [5.41, 5.74) is 0. The lowest BCUT2D eigenvalue weighted by Gasteiger charge is -2.20. The standard InChI is InChI=1S/C11H23NO4S/c1-5-9(4)10(11(13)14)12-17(15,16)7-6-8(2)3/h8-10,12H,5-7H2,1-4H3,(H,13,14)/t9?,10-/m0/s1. The number of nitrogens with one attached hydrogen (secondary N) is 1. The molecule has 0 saturated carbocycles. The van der Waals surface area contributed by atoms with Crippen molar-refractivity contribution in [3.8, 4) is 0 Å². The van der Waals surface area contributed by atoms with Crippen molar-refractivity contribution in [1.29, 1.82) is 0 Å². The highest BCUT2D eigenvalue weighted by molar-refractivity contribution is 7.89. The van der Waals surface area contributed by atoms with E-state index in [0.717, 1.165) is 0 Å². The van der Waals surface area contributed by atoms with Crippen molar-refractivity contribution in [3.63, 3.8) is 0 Å². The highest BCUT2D eigenvalue weighted by atomic mass is 32.2. The molecule has 0 aliphatic heterocycles. The number of sulfonamides is 1. The molecule has 0 spiro atoms. The van der Waals surface area contributed by atoms with E-state index in [0.29, 0.717) is 12.8 Å². The van der Waals surface area contributed by atoms with Crippen LogP contribution in [0.1, 0.15) is 40.5 Å². The van der Waals surface area contributed by atoms with Crippen molar-refractivity contribution in [2.45, 2.75) is 46.6 Å². The molecule has 0 aliphatic carbocycles. The van der Waals surface area contributed by atoms with Gasteiger partial charge in [0, 0.05) is 0 Å². The maximum absolute atomic E-state index is 11.7. The van der Waals surface area contributed by atoms with E-state index in [2.05, 4.69) is 4.72 Å². The van der Waals surface area contributed by atoms with Gasteiger partial charge in [0.25, 0.3) is 0 Å². The highest BCUT2D eigenvalue weighted by Crippen LogP contribution is 2.10. The Labute approximate surface area is 104 Å². The minimum Gasteiger partial charge on any atom is -0.480 e. The van der Waals surface area contributed by atoms with Crippen LogP contribution < -0.4 is 4.72 Å². The molecular weight excluding hydrogens is 242 g/mol. The quantitative estimate of drug-likeness (QED) is 0.696. The van der Waals surface area contributed by atoms with Gasteiger partial charge in [0.15, 0.2) is 0 Å². The molecule has 0 rings (SSSR count). The summed E-state index contributed by atoms with van der Waals surface area (Å²) in [5.74, 6) is -1.09. The third-order valence-corrected chi connectivity index (χ3v) is 4.14. The lowest BCUT2D eigenvalue weighted by molar-refractivity contribution is -0.140. The fourth-order valence-corrected chi connectivity index (χ4v) is 2.91. The Morgan fingerprint density at radius 2 is 1.82 bits per heavy atom. The maximum atomic E-state index is 11.7. The summed E-state index contributed by atoms with van der Waals surface area (Å²) in [6.07, 6.45) is 1.14. The molecule has 0 bridgehead atoms. The second-order valence-corrected chi connectivity index (χ2v) is 6.69. The van der Waals surface area contributed by atoms with Gasteiger partial charge in [-0.15, -0.1) is 0 Å². The third kappa shape index (κ3) is 6.63. The monoisotopic (exact) mass is 265 g/mol. The summed E-state index contributed by atoms with van der Waals surface area (Å²) < 4.78 is 25.7. The normalized spacial score (nSPS) is 15.8. The molecule has 0 radical (unpaired) electrons. The largest absolute Gasteiger partial charge is 0.480 e. The summed E-state index contributed by atoms with van der Waals surface area (Å²) in [5, 5.41) is 8.99. The lowest BCUT2D eigenvalue weighted by Crippen LogP contribution is -2.45. The van der Waals surface area contributed by atoms with Gasteiger partial charge in [0.1, 0.15) is 6.04 Å². The van der Waals surface area contributed by atoms with Crippen molar-refractivity contribution in [3.05, 3.63) is 0 Å². The summed E-state index contributed by atoms with van der Waals surface area (Å²) >= 11 is 0. The molecule has 0 aromatic rings. The Hall–Kier alpha value is -0.620. The fraction of sp³-hybridized carbons (Fsp3) is 0.909. The predicted octanol–water partition coefficient (Wildman–Crippen LogP) is 1.45. The van der Waals surface area contributed by atoms with Gasteiger partial charge in [-0.25, -0.2) is 13.1 Å². The summed E-state index contributed by atoms with van der Waals surface area (Å²) in [4.78, 5) is 11.0. The number of hydrogen-bond acceptors (Lipinski definition) is 3. The third-order valence-electron chi connectivity index (χ3n) is 2.75. The average molecular weight is 265 g/mol. The number of hydrogen-bond donors (Lipinski definition) is 2. The van der Waals surface area contributed by atoms with E-state index in [1.807, 2.05) is 20.8 Å². The Balaban J connectivity index is 4.59. The number of carbonyl (C=O) groups is 1. The minimum absolute atomic E-state index is 0.0229. The van der Waals surface area contributed by atoms with Crippen molar-refractivity contribution in [2.24, 2.45) is 11.8 Å². The summed E-state index contributed by atoms with van der Waals surface area (Å²) in [6.45, 7) is 7.42. The number of carboxylic acids is 1. The van der Waals surface area contributed by atoms with E-state index in [-0.39, 0.29) is 17.6 Å². The first-order valence-corrected chi connectivity index (χ1v) is 7.57. The molecule has 2 atom stereocenters. The van der Waals surface area contributed by atoms with Gasteiger partial charge in [-0.05, 0) is 18.3 Å². The van der Waals surface area contributed by atoms with Gasteiger partial charge >= 0.3 is 5.97 Å². The molecule has 0 fully saturated rings. The Bertz CT molecular complexity index is 337. The van der Waals surface area contributed by atoms with E-state index in [9.17, 15) is 13.2 Å². The molecule has 0 heterocycles. The molecule has 0 amide bonds. The number of aliphatic carboxylic acids is 1. The summed E-state index contributed by atoms with van der Waals surface area (Å²) in [7, 11) is -3.51. The summed E-state index contributed by atoms with van der Waals surface area (Å²) in [6, 6.07) is -1.03. The van der Waals surface area contributed by atoms with Crippen LogP contribution in [0.2, 0.25) is 0 Å². The first-order chi connectivity index (χ1) is 7.69. The van der Waals surface area contributed by atoms with Crippen LogP contribution in [0.4, 0.5) is 0 Å². The zero-order valence-corrected chi connectivity index (χ0v) is 11.8. The van der Waals surface area contributed by atoms with Gasteiger partial charge < -0.3 is 5.11 Å². The first-order valence-electron chi connectivity index (χ1n) is 5.92. The first kappa shape index (κ1) is 16.4. The minimum atomic E-state index is -3.51. The maximum Gasteiger partial charge on any atom is 0.322 e. The van der Waals surface area contributed by atoms with Crippen molar-refractivity contribution < 1.29 is 18.3 Å². The lowest BCUT2D eigenvalue weighted by atomic mass is 10.0.